The van der Waals surface area contributed by atoms with E-state index in [9.17, 15) is 14.9 Å². The molecular weight excluding hydrogens is 314 g/mol. The minimum Gasteiger partial charge on any atom is -0.378 e. The van der Waals surface area contributed by atoms with Crippen molar-refractivity contribution in [2.24, 2.45) is 0 Å². The molecule has 1 saturated heterocycles. The van der Waals surface area contributed by atoms with Gasteiger partial charge in [-0.2, -0.15) is 4.98 Å². The van der Waals surface area contributed by atoms with Gasteiger partial charge in [0.1, 0.15) is 6.20 Å². The Labute approximate surface area is 139 Å². The number of aromatic nitrogens is 2. The second-order valence-corrected chi connectivity index (χ2v) is 5.30. The molecule has 1 aromatic heterocycles. The zero-order valence-corrected chi connectivity index (χ0v) is 13.1. The number of rotatable bonds is 5. The van der Waals surface area contributed by atoms with E-state index in [1.165, 1.54) is 0 Å². The average Bonchev–Trinajstić information content (AvgIpc) is 2.78. The van der Waals surface area contributed by atoms with Crippen molar-refractivity contribution in [2.75, 3.05) is 49.9 Å². The van der Waals surface area contributed by atoms with E-state index in [4.69, 9.17) is 12.2 Å². The minimum atomic E-state index is -0.613. The Morgan fingerprint density at radius 3 is 2.92 bits per heavy atom. The summed E-state index contributed by atoms with van der Waals surface area (Å²) in [5.74, 6) is 2.45. The number of carbonyl (C=O) groups is 1. The molecule has 0 atom stereocenters. The molecule has 1 fully saturated rings. The third kappa shape index (κ3) is 4.53. The van der Waals surface area contributed by atoms with Gasteiger partial charge in [0.05, 0.1) is 18.0 Å². The molecular formula is C14H19N7O3. The van der Waals surface area contributed by atoms with Crippen molar-refractivity contribution in [3.05, 3.63) is 16.3 Å². The maximum absolute atomic E-state index is 11.7. The van der Waals surface area contributed by atoms with Crippen LogP contribution in [0, 0.1) is 22.5 Å². The first-order valence-electron chi connectivity index (χ1n) is 7.45. The lowest BCUT2D eigenvalue weighted by Gasteiger charge is -2.21. The van der Waals surface area contributed by atoms with Crippen LogP contribution < -0.4 is 16.0 Å². The summed E-state index contributed by atoms with van der Waals surface area (Å²) in [7, 11) is 0. The summed E-state index contributed by atoms with van der Waals surface area (Å²) in [5.41, 5.74) is 5.30. The molecule has 2 heterocycles. The molecule has 10 nitrogen and oxygen atoms in total. The normalized spacial score (nSPS) is 15.4. The first-order valence-corrected chi connectivity index (χ1v) is 7.45. The highest BCUT2D eigenvalue weighted by atomic mass is 16.6. The van der Waals surface area contributed by atoms with E-state index in [1.54, 1.807) is 0 Å². The van der Waals surface area contributed by atoms with Crippen LogP contribution in [0.4, 0.5) is 17.5 Å². The first-order chi connectivity index (χ1) is 11.5. The van der Waals surface area contributed by atoms with Gasteiger partial charge >= 0.3 is 5.69 Å². The molecule has 0 bridgehead atoms. The van der Waals surface area contributed by atoms with Crippen LogP contribution in [-0.2, 0) is 4.79 Å². The maximum Gasteiger partial charge on any atom is 0.329 e. The molecule has 3 N–H and O–H groups in total. The lowest BCUT2D eigenvalue weighted by Crippen LogP contribution is -2.39. The molecule has 2 rings (SSSR count). The quantitative estimate of drug-likeness (QED) is 0.408. The average molecular weight is 333 g/mol. The van der Waals surface area contributed by atoms with Gasteiger partial charge in [-0.25, -0.2) is 4.98 Å². The molecule has 1 aliphatic rings. The van der Waals surface area contributed by atoms with E-state index in [1.807, 2.05) is 9.80 Å². The molecule has 0 aliphatic carbocycles. The summed E-state index contributed by atoms with van der Waals surface area (Å²) in [6.07, 6.45) is 7.03. The van der Waals surface area contributed by atoms with Crippen molar-refractivity contribution < 1.29 is 9.72 Å². The van der Waals surface area contributed by atoms with E-state index in [-0.39, 0.29) is 30.5 Å². The number of hydrogen-bond donors (Lipinski definition) is 2. The molecule has 0 saturated carbocycles. The van der Waals surface area contributed by atoms with E-state index < -0.39 is 4.92 Å². The topological polar surface area (TPSA) is 131 Å². The van der Waals surface area contributed by atoms with E-state index in [0.29, 0.717) is 25.6 Å². The largest absolute Gasteiger partial charge is 0.378 e. The monoisotopic (exact) mass is 333 g/mol. The second kappa shape index (κ2) is 8.07. The zero-order chi connectivity index (χ0) is 17.5. The maximum atomic E-state index is 11.7. The fourth-order valence-corrected chi connectivity index (χ4v) is 2.41. The lowest BCUT2D eigenvalue weighted by molar-refractivity contribution is -0.384. The number of nitrogen functional groups attached to an aromatic ring is 1. The van der Waals surface area contributed by atoms with Crippen molar-refractivity contribution >= 4 is 23.4 Å². The van der Waals surface area contributed by atoms with Crippen molar-refractivity contribution in [1.29, 1.82) is 0 Å². The van der Waals surface area contributed by atoms with Gasteiger partial charge in [0, 0.05) is 26.2 Å². The Hall–Kier alpha value is -2.93. The number of amides is 1. The SMILES string of the molecule is C#CCNC(=O)CN1CCCN(c2ncc([N+](=O)[O-])c(N)n2)CC1. The molecule has 0 radical (unpaired) electrons. The van der Waals surface area contributed by atoms with E-state index in [2.05, 4.69) is 21.2 Å². The van der Waals surface area contributed by atoms with Crippen molar-refractivity contribution in [1.82, 2.24) is 20.2 Å². The number of nitrogens with zero attached hydrogens (tertiary/aromatic N) is 5. The smallest absolute Gasteiger partial charge is 0.329 e. The van der Waals surface area contributed by atoms with E-state index in [0.717, 1.165) is 19.2 Å². The van der Waals surface area contributed by atoms with Gasteiger partial charge in [-0.3, -0.25) is 19.8 Å². The summed E-state index contributed by atoms with van der Waals surface area (Å²) in [6.45, 7) is 3.17. The number of carbonyl (C=O) groups excluding carboxylic acids is 1. The van der Waals surface area contributed by atoms with Crippen LogP contribution in [0.2, 0.25) is 0 Å². The second-order valence-electron chi connectivity index (χ2n) is 5.30. The van der Waals surface area contributed by atoms with Gasteiger partial charge in [-0.15, -0.1) is 6.42 Å². The standard InChI is InChI=1S/C14H19N7O3/c1-2-4-16-12(22)10-19-5-3-6-20(8-7-19)14-17-9-11(21(23)24)13(15)18-14/h1,9H,3-8,10H2,(H,16,22)(H2,15,17,18). The van der Waals surface area contributed by atoms with Crippen LogP contribution in [0.15, 0.2) is 6.20 Å². The third-order valence-corrected chi connectivity index (χ3v) is 3.61. The molecule has 24 heavy (non-hydrogen) atoms. The van der Waals surface area contributed by atoms with Gasteiger partial charge in [0.25, 0.3) is 0 Å². The van der Waals surface area contributed by atoms with Gasteiger partial charge in [-0.05, 0) is 6.42 Å². The number of nitrogens with two attached hydrogens (primary N) is 1. The molecule has 10 heteroatoms. The number of nitrogens with one attached hydrogen (secondary N) is 1. The summed E-state index contributed by atoms with van der Waals surface area (Å²) in [6, 6.07) is 0. The Bertz CT molecular complexity index is 658. The Morgan fingerprint density at radius 2 is 2.25 bits per heavy atom. The lowest BCUT2D eigenvalue weighted by atomic mass is 10.3. The Morgan fingerprint density at radius 1 is 1.46 bits per heavy atom. The molecule has 1 aromatic rings. The third-order valence-electron chi connectivity index (χ3n) is 3.61. The van der Waals surface area contributed by atoms with Crippen LogP contribution in [0.25, 0.3) is 0 Å². The predicted octanol–water partition coefficient (Wildman–Crippen LogP) is -0.771. The number of terminal acetylenes is 1. The minimum absolute atomic E-state index is 0.114. The van der Waals surface area contributed by atoms with Gasteiger partial charge < -0.3 is 16.0 Å². The van der Waals surface area contributed by atoms with Gasteiger partial charge in [0.15, 0.2) is 0 Å². The zero-order valence-electron chi connectivity index (χ0n) is 13.1. The fraction of sp³-hybridized carbons (Fsp3) is 0.500. The van der Waals surface area contributed by atoms with Crippen molar-refractivity contribution in [3.63, 3.8) is 0 Å². The molecule has 128 valence electrons. The molecule has 1 aliphatic heterocycles. The van der Waals surface area contributed by atoms with Crippen LogP contribution in [0.5, 0.6) is 0 Å². The van der Waals surface area contributed by atoms with Gasteiger partial charge in [0.2, 0.25) is 17.7 Å². The van der Waals surface area contributed by atoms with Crippen LogP contribution in [-0.4, -0.2) is 65.0 Å². The summed E-state index contributed by atoms with van der Waals surface area (Å²) in [5, 5.41) is 13.4. The molecule has 0 aromatic carbocycles. The van der Waals surface area contributed by atoms with Crippen LogP contribution in [0.3, 0.4) is 0 Å². The van der Waals surface area contributed by atoms with Crippen LogP contribution in [0.1, 0.15) is 6.42 Å². The Balaban J connectivity index is 1.96. The summed E-state index contributed by atoms with van der Waals surface area (Å²) < 4.78 is 0. The Kier molecular flexibility index (Phi) is 5.86. The van der Waals surface area contributed by atoms with Crippen molar-refractivity contribution in [2.45, 2.75) is 6.42 Å². The van der Waals surface area contributed by atoms with Gasteiger partial charge in [-0.1, -0.05) is 5.92 Å². The van der Waals surface area contributed by atoms with Crippen LogP contribution >= 0.6 is 0 Å². The highest BCUT2D eigenvalue weighted by Crippen LogP contribution is 2.20. The van der Waals surface area contributed by atoms with Crippen molar-refractivity contribution in [3.8, 4) is 12.3 Å². The number of nitro groups is 1. The highest BCUT2D eigenvalue weighted by Gasteiger charge is 2.21. The predicted molar refractivity (Wildman–Crippen MR) is 88.2 cm³/mol. The highest BCUT2D eigenvalue weighted by molar-refractivity contribution is 5.78. The first kappa shape index (κ1) is 17.4. The summed E-state index contributed by atoms with van der Waals surface area (Å²) >= 11 is 0. The molecule has 0 unspecified atom stereocenters. The molecule has 0 spiro atoms. The summed E-state index contributed by atoms with van der Waals surface area (Å²) in [4.78, 5) is 33.8. The fourth-order valence-electron chi connectivity index (χ4n) is 2.41. The van der Waals surface area contributed by atoms with E-state index >= 15 is 0 Å². The number of anilines is 2. The molecule has 1 amide bonds. The number of hydrogen-bond acceptors (Lipinski definition) is 8.